The fourth-order valence-electron chi connectivity index (χ4n) is 6.34. The quantitative estimate of drug-likeness (QED) is 0.373. The van der Waals surface area contributed by atoms with Crippen molar-refractivity contribution in [1.82, 2.24) is 0 Å². The van der Waals surface area contributed by atoms with Gasteiger partial charge in [-0.2, -0.15) is 0 Å². The Morgan fingerprint density at radius 1 is 0.892 bits per heavy atom. The lowest BCUT2D eigenvalue weighted by molar-refractivity contribution is -0.144. The summed E-state index contributed by atoms with van der Waals surface area (Å²) in [5.74, 6) is -2.01. The molecule has 0 radical (unpaired) electrons. The van der Waals surface area contributed by atoms with E-state index in [9.17, 15) is 19.8 Å². The minimum absolute atomic E-state index is 0.0799. The molecule has 4 rings (SSSR count). The maximum absolute atomic E-state index is 13.7. The lowest BCUT2D eigenvalue weighted by atomic mass is 9.58. The first-order valence-corrected chi connectivity index (χ1v) is 14.4. The molecule has 5 nitrogen and oxygen atoms in total. The van der Waals surface area contributed by atoms with Gasteiger partial charge in [0.05, 0.1) is 28.5 Å². The molecule has 200 valence electrons. The number of benzene rings is 2. The first kappa shape index (κ1) is 28.5. The Morgan fingerprint density at radius 2 is 1.41 bits per heavy atom. The molecular weight excluding hydrogens is 600 g/mol. The van der Waals surface area contributed by atoms with Crippen molar-refractivity contribution < 1.29 is 24.5 Å². The standard InChI is InChI=1S/C30H36Br2O5/c1-29(2)12-21(33)26(22(34)13-29)25(27-23(35)14-30(3,4)15-24(27)36)19-10-18(31)11-20(32)28(19)37-16-17-8-6-5-7-9-17/h5-11,21,23,25-27,33,35H,12-16H2,1-4H3/t21-,23+,25?,26+,27-. The summed E-state index contributed by atoms with van der Waals surface area (Å²) in [4.78, 5) is 27.3. The number of aliphatic hydroxyl groups excluding tert-OH is 2. The summed E-state index contributed by atoms with van der Waals surface area (Å²) in [6.45, 7) is 8.21. The van der Waals surface area contributed by atoms with Gasteiger partial charge in [0.15, 0.2) is 0 Å². The fourth-order valence-corrected chi connectivity index (χ4v) is 7.71. The molecule has 2 N–H and O–H groups in total. The number of halogens is 2. The number of hydrogen-bond acceptors (Lipinski definition) is 5. The van der Waals surface area contributed by atoms with E-state index in [-0.39, 0.29) is 22.4 Å². The molecule has 2 saturated carbocycles. The van der Waals surface area contributed by atoms with Crippen LogP contribution in [-0.4, -0.2) is 34.0 Å². The van der Waals surface area contributed by atoms with E-state index in [4.69, 9.17) is 4.74 Å². The zero-order chi connectivity index (χ0) is 27.1. The van der Waals surface area contributed by atoms with Gasteiger partial charge in [0, 0.05) is 28.8 Å². The van der Waals surface area contributed by atoms with Crippen molar-refractivity contribution in [2.24, 2.45) is 22.7 Å². The third-order valence-electron chi connectivity index (χ3n) is 7.80. The van der Waals surface area contributed by atoms with Crippen LogP contribution in [0.4, 0.5) is 0 Å². The van der Waals surface area contributed by atoms with E-state index in [1.54, 1.807) is 0 Å². The molecule has 2 aromatic rings. The number of Topliss-reactive ketones (excluding diaryl/α,β-unsaturated/α-hetero) is 2. The highest BCUT2D eigenvalue weighted by Crippen LogP contribution is 2.52. The first-order valence-electron chi connectivity index (χ1n) is 12.9. The highest BCUT2D eigenvalue weighted by Gasteiger charge is 2.52. The van der Waals surface area contributed by atoms with E-state index in [0.717, 1.165) is 10.0 Å². The van der Waals surface area contributed by atoms with Crippen LogP contribution >= 0.6 is 31.9 Å². The van der Waals surface area contributed by atoms with Crippen LogP contribution in [0.3, 0.4) is 0 Å². The summed E-state index contributed by atoms with van der Waals surface area (Å²) in [6, 6.07) is 13.5. The second-order valence-electron chi connectivity index (χ2n) is 12.3. The molecule has 37 heavy (non-hydrogen) atoms. The summed E-state index contributed by atoms with van der Waals surface area (Å²) in [6.07, 6.45) is -0.367. The summed E-state index contributed by atoms with van der Waals surface area (Å²) in [5, 5.41) is 22.7. The number of ketones is 2. The number of carbonyl (C=O) groups is 2. The predicted molar refractivity (Wildman–Crippen MR) is 150 cm³/mol. The molecule has 0 aliphatic heterocycles. The molecule has 0 bridgehead atoms. The molecule has 2 fully saturated rings. The number of ether oxygens (including phenoxy) is 1. The van der Waals surface area contributed by atoms with Gasteiger partial charge in [-0.15, -0.1) is 0 Å². The van der Waals surface area contributed by atoms with Crippen molar-refractivity contribution in [2.75, 3.05) is 0 Å². The van der Waals surface area contributed by atoms with Crippen molar-refractivity contribution in [3.05, 3.63) is 62.5 Å². The topological polar surface area (TPSA) is 83.8 Å². The first-order chi connectivity index (χ1) is 17.3. The molecule has 0 saturated heterocycles. The highest BCUT2D eigenvalue weighted by molar-refractivity contribution is 9.11. The summed E-state index contributed by atoms with van der Waals surface area (Å²) in [7, 11) is 0. The van der Waals surface area contributed by atoms with Crippen molar-refractivity contribution in [3.63, 3.8) is 0 Å². The molecule has 1 unspecified atom stereocenters. The Balaban J connectivity index is 1.84. The van der Waals surface area contributed by atoms with Crippen molar-refractivity contribution >= 4 is 43.4 Å². The third-order valence-corrected chi connectivity index (χ3v) is 8.84. The molecule has 2 aliphatic rings. The van der Waals surface area contributed by atoms with Gasteiger partial charge in [0.2, 0.25) is 0 Å². The molecule has 0 amide bonds. The lowest BCUT2D eigenvalue weighted by Gasteiger charge is -2.46. The van der Waals surface area contributed by atoms with Gasteiger partial charge in [-0.3, -0.25) is 9.59 Å². The van der Waals surface area contributed by atoms with E-state index in [1.807, 2.05) is 70.2 Å². The molecule has 2 aromatic carbocycles. The molecular formula is C30H36Br2O5. The number of aliphatic hydroxyl groups is 2. The average Bonchev–Trinajstić information content (AvgIpc) is 2.75. The number of hydrogen-bond donors (Lipinski definition) is 2. The Bertz CT molecular complexity index is 1120. The number of carbonyl (C=O) groups excluding carboxylic acids is 2. The van der Waals surface area contributed by atoms with Gasteiger partial charge in [-0.1, -0.05) is 74.0 Å². The largest absolute Gasteiger partial charge is 0.487 e. The van der Waals surface area contributed by atoms with Crippen LogP contribution in [0.15, 0.2) is 51.4 Å². The Labute approximate surface area is 236 Å². The molecule has 0 spiro atoms. The smallest absolute Gasteiger partial charge is 0.139 e. The van der Waals surface area contributed by atoms with E-state index in [2.05, 4.69) is 31.9 Å². The SMILES string of the molecule is CC1(C)CC(=O)[C@@H](C(c2cc(Br)cc(Br)c2OCc2ccccc2)[C@H]2C(=O)CC(C)(C)C[C@@H]2O)[C@H](O)C1. The normalized spacial score (nSPS) is 28.1. The second-order valence-corrected chi connectivity index (χ2v) is 14.1. The average molecular weight is 636 g/mol. The van der Waals surface area contributed by atoms with Crippen LogP contribution < -0.4 is 4.74 Å². The zero-order valence-electron chi connectivity index (χ0n) is 21.8. The maximum Gasteiger partial charge on any atom is 0.139 e. The monoisotopic (exact) mass is 634 g/mol. The minimum atomic E-state index is -0.934. The Morgan fingerprint density at radius 3 is 1.89 bits per heavy atom. The van der Waals surface area contributed by atoms with Gasteiger partial charge in [0.25, 0.3) is 0 Å². The summed E-state index contributed by atoms with van der Waals surface area (Å²) >= 11 is 7.21. The van der Waals surface area contributed by atoms with E-state index < -0.39 is 30.0 Å². The summed E-state index contributed by atoms with van der Waals surface area (Å²) in [5.41, 5.74) is 0.954. The van der Waals surface area contributed by atoms with Crippen molar-refractivity contribution in [3.8, 4) is 5.75 Å². The molecule has 0 heterocycles. The second kappa shape index (κ2) is 10.9. The Hall–Kier alpha value is -1.54. The van der Waals surface area contributed by atoms with Crippen LogP contribution in [0.2, 0.25) is 0 Å². The predicted octanol–water partition coefficient (Wildman–Crippen LogP) is 6.61. The van der Waals surface area contributed by atoms with E-state index >= 15 is 0 Å². The number of rotatable bonds is 6. The molecule has 0 aromatic heterocycles. The van der Waals surface area contributed by atoms with Crippen LogP contribution in [0.5, 0.6) is 5.75 Å². The molecule has 7 heteroatoms. The van der Waals surface area contributed by atoms with Gasteiger partial charge in [-0.25, -0.2) is 0 Å². The third kappa shape index (κ3) is 6.38. The summed E-state index contributed by atoms with van der Waals surface area (Å²) < 4.78 is 7.77. The Kier molecular flexibility index (Phi) is 8.40. The molecule has 5 atom stereocenters. The highest BCUT2D eigenvalue weighted by atomic mass is 79.9. The molecule has 2 aliphatic carbocycles. The van der Waals surface area contributed by atoms with Gasteiger partial charge in [0.1, 0.15) is 23.9 Å². The van der Waals surface area contributed by atoms with Crippen LogP contribution in [-0.2, 0) is 16.2 Å². The zero-order valence-corrected chi connectivity index (χ0v) is 25.0. The minimum Gasteiger partial charge on any atom is -0.487 e. The van der Waals surface area contributed by atoms with Crippen molar-refractivity contribution in [1.29, 1.82) is 0 Å². The maximum atomic E-state index is 13.7. The van der Waals surface area contributed by atoms with Crippen molar-refractivity contribution in [2.45, 2.75) is 78.1 Å². The van der Waals surface area contributed by atoms with Crippen LogP contribution in [0.1, 0.15) is 70.4 Å². The van der Waals surface area contributed by atoms with E-state index in [0.29, 0.717) is 48.1 Å². The van der Waals surface area contributed by atoms with E-state index in [1.165, 1.54) is 0 Å². The van der Waals surface area contributed by atoms with Gasteiger partial charge in [-0.05, 0) is 57.3 Å². The van der Waals surface area contributed by atoms with Crippen LogP contribution in [0.25, 0.3) is 0 Å². The fraction of sp³-hybridized carbons (Fsp3) is 0.533. The van der Waals surface area contributed by atoms with Gasteiger partial charge < -0.3 is 14.9 Å². The lowest BCUT2D eigenvalue weighted by Crippen LogP contribution is -2.51. The van der Waals surface area contributed by atoms with Gasteiger partial charge >= 0.3 is 0 Å². The van der Waals surface area contributed by atoms with Crippen LogP contribution in [0, 0.1) is 22.7 Å².